The van der Waals surface area contributed by atoms with Crippen LogP contribution in [0.15, 0.2) is 48.5 Å². The van der Waals surface area contributed by atoms with Crippen LogP contribution < -0.4 is 3.26 Å². The van der Waals surface area contributed by atoms with Crippen molar-refractivity contribution in [3.63, 3.8) is 0 Å². The van der Waals surface area contributed by atoms with Crippen LogP contribution in [0.1, 0.15) is 14.8 Å². The van der Waals surface area contributed by atoms with E-state index in [2.05, 4.69) is 60.3 Å². The van der Waals surface area contributed by atoms with Gasteiger partial charge in [0.15, 0.2) is 0 Å². The fraction of sp³-hybridized carbons (Fsp3) is 0.350. The van der Waals surface area contributed by atoms with Crippen LogP contribution in [0.3, 0.4) is 0 Å². The third-order valence-electron chi connectivity index (χ3n) is 5.44. The van der Waals surface area contributed by atoms with Gasteiger partial charge in [-0.2, -0.15) is 0 Å². The van der Waals surface area contributed by atoms with Gasteiger partial charge in [0.2, 0.25) is 0 Å². The zero-order valence-corrected chi connectivity index (χ0v) is 23.2. The Morgan fingerprint density at radius 3 is 1.93 bits per heavy atom. The summed E-state index contributed by atoms with van der Waals surface area (Å²) in [5.41, 5.74) is 4.64. The number of rotatable bonds is 6. The van der Waals surface area contributed by atoms with Crippen molar-refractivity contribution >= 4 is 37.2 Å². The molecule has 1 amide bonds. The first kappa shape index (κ1) is 22.5. The number of carbonyl (C=O) groups excluding carboxylic acids is 1. The molecule has 0 saturated carbocycles. The van der Waals surface area contributed by atoms with Gasteiger partial charge in [-0.1, -0.05) is 0 Å². The summed E-state index contributed by atoms with van der Waals surface area (Å²) in [6.45, 7) is 10.5. The van der Waals surface area contributed by atoms with Crippen LogP contribution in [-0.4, -0.2) is 26.8 Å². The third-order valence-corrected chi connectivity index (χ3v) is 52.2. The first-order valence-electron chi connectivity index (χ1n) is 9.64. The predicted molar refractivity (Wildman–Crippen MR) is 122 cm³/mol. The zero-order valence-electron chi connectivity index (χ0n) is 17.1. The maximum absolute atomic E-state index is 12.9. The number of hydrogen-bond acceptors (Lipinski definition) is 2. The van der Waals surface area contributed by atoms with Crippen LogP contribution in [0.25, 0.3) is 11.1 Å². The minimum atomic E-state index is -4.75. The summed E-state index contributed by atoms with van der Waals surface area (Å²) in [4.78, 5) is 12.9. The molecule has 0 spiro atoms. The second-order valence-corrected chi connectivity index (χ2v) is 54.1. The second kappa shape index (κ2) is 7.79. The molecule has 2 aromatic rings. The number of amides is 1. The average molecular weight is 533 g/mol. The first-order chi connectivity index (χ1) is 12.9. The van der Waals surface area contributed by atoms with Crippen LogP contribution in [0, 0.1) is 0 Å². The fourth-order valence-electron chi connectivity index (χ4n) is 3.86. The predicted octanol–water partition coefficient (Wildman–Crippen LogP) is 5.62. The normalized spacial score (nSPS) is 15.6. The second-order valence-electron chi connectivity index (χ2n) is 8.86. The summed E-state index contributed by atoms with van der Waals surface area (Å²) in [5, 5.41) is 0. The Morgan fingerprint density at radius 2 is 1.50 bits per heavy atom. The van der Waals surface area contributed by atoms with Gasteiger partial charge in [0.05, 0.1) is 0 Å². The van der Waals surface area contributed by atoms with Gasteiger partial charge in [0.25, 0.3) is 0 Å². The zero-order chi connectivity index (χ0) is 20.8. The molecule has 151 valence electrons. The molecule has 0 atom stereocenters. The third kappa shape index (κ3) is 4.14. The Hall–Kier alpha value is -0.233. The van der Waals surface area contributed by atoms with Crippen molar-refractivity contribution in [3.8, 4) is 11.1 Å². The van der Waals surface area contributed by atoms with Crippen molar-refractivity contribution in [3.05, 3.63) is 59.7 Å². The topological polar surface area (TPSA) is 38.3 Å². The molecule has 0 saturated heterocycles. The molecule has 0 fully saturated rings. The quantitative estimate of drug-likeness (QED) is 0.491. The van der Waals surface area contributed by atoms with E-state index in [1.54, 1.807) is 0 Å². The summed E-state index contributed by atoms with van der Waals surface area (Å²) < 4.78 is 8.92. The van der Waals surface area contributed by atoms with Crippen molar-refractivity contribution in [2.45, 2.75) is 36.4 Å². The number of hydrogen-bond donors (Lipinski definition) is 1. The van der Waals surface area contributed by atoms with Gasteiger partial charge in [-0.25, -0.2) is 0 Å². The molecule has 3 nitrogen and oxygen atoms in total. The number of nitrogens with one attached hydrogen (secondary N) is 1. The van der Waals surface area contributed by atoms with E-state index in [1.807, 2.05) is 24.3 Å². The molecule has 0 aromatic heterocycles. The molecule has 8 heteroatoms. The van der Waals surface area contributed by atoms with E-state index >= 15 is 0 Å². The number of halogens is 2. The fourth-order valence-corrected chi connectivity index (χ4v) is 25.4. The van der Waals surface area contributed by atoms with Crippen LogP contribution >= 0.6 is 17.0 Å². The van der Waals surface area contributed by atoms with Crippen molar-refractivity contribution < 1.29 is 25.1 Å². The van der Waals surface area contributed by atoms with Crippen molar-refractivity contribution in [2.75, 3.05) is 6.61 Å². The van der Waals surface area contributed by atoms with Gasteiger partial charge in [-0.15, -0.1) is 0 Å². The summed E-state index contributed by atoms with van der Waals surface area (Å²) >= 11 is -4.75. The van der Waals surface area contributed by atoms with E-state index in [0.29, 0.717) is 0 Å². The maximum atomic E-state index is 12.9. The van der Waals surface area contributed by atoms with Gasteiger partial charge in [0.1, 0.15) is 0 Å². The van der Waals surface area contributed by atoms with Gasteiger partial charge in [-0.05, 0) is 0 Å². The molecular formula is C20H28Cl2NO2Si2Zr. The number of benzene rings is 2. The standard InChI is InChI=1S/C13H9.C5H13NO2Si.C2H7Si.2ClH.Zr/c1-3-7-12-10(5-1)9-11-6-2-4-8-13(11)12;1-9(2,3)8-4-5(6)7;1-3-2;;;/h1-9H;4H2,1-3H3,(H2,6,7);3H,1-2H3;2*1H;/q;;;;;+3/p-3. The van der Waals surface area contributed by atoms with Gasteiger partial charge >= 0.3 is 179 Å². The molecule has 1 N–H and O–H groups in total. The van der Waals surface area contributed by atoms with Gasteiger partial charge < -0.3 is 0 Å². The molecule has 0 heterocycles. The van der Waals surface area contributed by atoms with E-state index < -0.39 is 30.1 Å². The molecule has 0 bridgehead atoms. The number of carbonyl (C=O) groups is 1. The van der Waals surface area contributed by atoms with Crippen molar-refractivity contribution in [2.24, 2.45) is 0 Å². The Morgan fingerprint density at radius 1 is 1.04 bits per heavy atom. The van der Waals surface area contributed by atoms with E-state index in [1.165, 1.54) is 11.1 Å². The Bertz CT molecular complexity index is 870. The number of fused-ring (bicyclic) bond motifs is 3. The average Bonchev–Trinajstić information content (AvgIpc) is 2.95. The molecule has 2 aromatic carbocycles. The van der Waals surface area contributed by atoms with Gasteiger partial charge in [0, 0.05) is 0 Å². The van der Waals surface area contributed by atoms with E-state index in [0.717, 1.165) is 11.1 Å². The molecule has 1 aliphatic carbocycles. The summed E-state index contributed by atoms with van der Waals surface area (Å²) in [6.07, 6.45) is 0. The Balaban J connectivity index is 2.07. The molecular weight excluding hydrogens is 505 g/mol. The molecule has 0 radical (unpaired) electrons. The molecule has 1 aliphatic rings. The van der Waals surface area contributed by atoms with Crippen LogP contribution in [0.5, 0.6) is 0 Å². The van der Waals surface area contributed by atoms with Crippen molar-refractivity contribution in [1.29, 1.82) is 0 Å². The minimum absolute atomic E-state index is 0.0239. The van der Waals surface area contributed by atoms with Crippen molar-refractivity contribution in [1.82, 2.24) is 3.26 Å². The SMILES string of the molecule is C[SiH](C)[Zr]([Cl])([Cl])([NH]C(=O)CO[Si](C)(C)C)[CH]1c2ccccc2-c2ccccc21. The summed E-state index contributed by atoms with van der Waals surface area (Å²) in [6, 6.07) is 16.6. The molecule has 0 aliphatic heterocycles. The van der Waals surface area contributed by atoms with Gasteiger partial charge in [-0.3, -0.25) is 0 Å². The molecule has 0 unspecified atom stereocenters. The van der Waals surface area contributed by atoms with Crippen LogP contribution in [0.4, 0.5) is 0 Å². The summed E-state index contributed by atoms with van der Waals surface area (Å²) in [7, 11) is 13.2. The Kier molecular flexibility index (Phi) is 6.25. The summed E-state index contributed by atoms with van der Waals surface area (Å²) in [5.74, 6) is -1.82. The van der Waals surface area contributed by atoms with E-state index in [9.17, 15) is 4.79 Å². The van der Waals surface area contributed by atoms with E-state index in [-0.39, 0.29) is 16.1 Å². The van der Waals surface area contributed by atoms with E-state index in [4.69, 9.17) is 21.5 Å². The molecule has 28 heavy (non-hydrogen) atoms. The van der Waals surface area contributed by atoms with Crippen LogP contribution in [-0.2, 0) is 25.1 Å². The van der Waals surface area contributed by atoms with Crippen LogP contribution in [0.2, 0.25) is 32.7 Å². The Labute approximate surface area is 178 Å². The first-order valence-corrected chi connectivity index (χ1v) is 29.2. The molecule has 3 rings (SSSR count). The monoisotopic (exact) mass is 530 g/mol.